The van der Waals surface area contributed by atoms with Crippen LogP contribution in [0.15, 0.2) is 0 Å². The summed E-state index contributed by atoms with van der Waals surface area (Å²) in [7, 11) is 0. The number of aliphatic carboxylic acids is 10. The normalized spacial score (nSPS) is 12.0. The van der Waals surface area contributed by atoms with Crippen molar-refractivity contribution in [1.29, 1.82) is 0 Å². The third kappa shape index (κ3) is 184. The zero-order valence-corrected chi connectivity index (χ0v) is 39.4. The number of hydrogen-bond acceptors (Lipinski definition) is 28. The first-order valence-corrected chi connectivity index (χ1v) is 14.1. The molecule has 0 aliphatic heterocycles. The molecule has 0 aliphatic rings. The molecular weight excluding hydrogens is 991 g/mol. The molecule has 59 heavy (non-hydrogen) atoms. The molecule has 8 atom stereocenters. The molecule has 0 heterocycles. The predicted octanol–water partition coefficient (Wildman–Crippen LogP) is -17.9. The predicted molar refractivity (Wildman–Crippen MR) is 161 cm³/mol. The molecule has 0 saturated heterocycles. The van der Waals surface area contributed by atoms with E-state index in [-0.39, 0.29) is 75.5 Å². The number of carbonyl (C=O) groups excluding carboxylic acids is 10. The number of rotatable bonds is 8. The SMILES string of the molecule is CC(=O)[O-].CC(=O)[O-].CC(O)C(=O)[O-].CC(O)C(=O)[O-].CC(O)C(=O)[O-].CC(O)C(=O)[O-].CC(O)C(=O)[O-].CC(O)C(=O)[O-].CC(O)C(=O)[O-].CC(O)C(=O)[O-].[Mg+2].[Zr+4].[Zr+4]. The Balaban J connectivity index is -0.0000000361. The zero-order valence-electron chi connectivity index (χ0n) is 33.1. The molecule has 0 aromatic heterocycles. The summed E-state index contributed by atoms with van der Waals surface area (Å²) >= 11 is 0. The van der Waals surface area contributed by atoms with Crippen molar-refractivity contribution in [3.8, 4) is 0 Å². The maximum atomic E-state index is 9.34. The Morgan fingerprint density at radius 2 is 0.288 bits per heavy atom. The van der Waals surface area contributed by atoms with Gasteiger partial charge in [0.2, 0.25) is 0 Å². The third-order valence-electron chi connectivity index (χ3n) is 2.73. The van der Waals surface area contributed by atoms with Crippen LogP contribution in [0.4, 0.5) is 0 Å². The number of carbonyl (C=O) groups is 10. The van der Waals surface area contributed by atoms with Crippen LogP contribution < -0.4 is 51.1 Å². The van der Waals surface area contributed by atoms with Crippen molar-refractivity contribution < 1.29 is 192 Å². The molecule has 0 aromatic rings. The van der Waals surface area contributed by atoms with Crippen LogP contribution in [0.25, 0.3) is 0 Å². The minimum Gasteiger partial charge on any atom is -0.550 e. The van der Waals surface area contributed by atoms with Gasteiger partial charge in [-0.3, -0.25) is 0 Å². The van der Waals surface area contributed by atoms with Crippen molar-refractivity contribution >= 4 is 82.7 Å². The Morgan fingerprint density at radius 3 is 0.288 bits per heavy atom. The van der Waals surface area contributed by atoms with Gasteiger partial charge >= 0.3 is 75.5 Å². The first-order chi connectivity index (χ1) is 24.6. The minimum absolute atomic E-state index is 0. The fourth-order valence-electron chi connectivity index (χ4n) is 0. The van der Waals surface area contributed by atoms with E-state index in [2.05, 4.69) is 0 Å². The Morgan fingerprint density at radius 1 is 0.271 bits per heavy atom. The van der Waals surface area contributed by atoms with E-state index in [1.807, 2.05) is 0 Å². The van der Waals surface area contributed by atoms with E-state index in [9.17, 15) is 79.2 Å². The molecule has 31 heteroatoms. The van der Waals surface area contributed by atoms with Gasteiger partial charge in [0.05, 0.1) is 96.6 Å². The van der Waals surface area contributed by atoms with Crippen LogP contribution in [-0.4, -0.2) is 172 Å². The zero-order chi connectivity index (χ0) is 48.4. The maximum Gasteiger partial charge on any atom is 4.00 e. The van der Waals surface area contributed by atoms with Crippen molar-refractivity contribution in [3.05, 3.63) is 0 Å². The van der Waals surface area contributed by atoms with Crippen LogP contribution in [0.5, 0.6) is 0 Å². The van der Waals surface area contributed by atoms with Gasteiger partial charge in [0.15, 0.2) is 0 Å². The monoisotopic (exact) mass is 1030 g/mol. The topological polar surface area (TPSA) is 563 Å². The maximum absolute atomic E-state index is 9.34. The second-order valence-electron chi connectivity index (χ2n) is 8.94. The molecule has 28 nitrogen and oxygen atoms in total. The summed E-state index contributed by atoms with van der Waals surface area (Å²) in [4.78, 5) is 92.5. The number of aliphatic hydroxyl groups excluding tert-OH is 8. The van der Waals surface area contributed by atoms with Crippen LogP contribution >= 0.6 is 0 Å². The van der Waals surface area contributed by atoms with E-state index in [1.165, 1.54) is 0 Å². The van der Waals surface area contributed by atoms with Gasteiger partial charge in [-0.05, 0) is 69.2 Å². The summed E-state index contributed by atoms with van der Waals surface area (Å²) in [6, 6.07) is 0. The summed E-state index contributed by atoms with van der Waals surface area (Å²) in [5.74, 6) is -13.6. The van der Waals surface area contributed by atoms with Gasteiger partial charge < -0.3 is 140 Å². The number of hydrogen-bond donors (Lipinski definition) is 8. The van der Waals surface area contributed by atoms with Gasteiger partial charge in [-0.15, -0.1) is 0 Å². The van der Waals surface area contributed by atoms with Gasteiger partial charge in [0.25, 0.3) is 0 Å². The van der Waals surface area contributed by atoms with Gasteiger partial charge in [0.1, 0.15) is 0 Å². The fourth-order valence-corrected chi connectivity index (χ4v) is 0. The average molecular weight is 1040 g/mol. The Labute approximate surface area is 390 Å². The molecule has 336 valence electrons. The van der Waals surface area contributed by atoms with Crippen molar-refractivity contribution in [1.82, 2.24) is 0 Å². The summed E-state index contributed by atoms with van der Waals surface area (Å²) in [6.45, 7) is 11.0. The summed E-state index contributed by atoms with van der Waals surface area (Å²) < 4.78 is 0. The first-order valence-electron chi connectivity index (χ1n) is 14.1. The molecule has 0 spiro atoms. The van der Waals surface area contributed by atoms with Crippen molar-refractivity contribution in [2.45, 2.75) is 118 Å². The van der Waals surface area contributed by atoms with Crippen molar-refractivity contribution in [3.63, 3.8) is 0 Å². The fraction of sp³-hybridized carbons (Fsp3) is 0.643. The number of aliphatic hydroxyl groups is 8. The molecule has 0 bridgehead atoms. The molecule has 0 rings (SSSR count). The standard InChI is InChI=1S/8C3H6O3.2C2H4O2.Mg.2Zr/c8*1-2(4)3(5)6;2*1-2(3)4;;;/h8*2,4H,1H3,(H,5,6);2*1H3,(H,3,4);;;/q;;;;;;;;;;+2;2*+4/p-10. The van der Waals surface area contributed by atoms with Crippen LogP contribution in [0, 0.1) is 0 Å². The summed E-state index contributed by atoms with van der Waals surface area (Å²) in [6.07, 6.45) is -10.7. The van der Waals surface area contributed by atoms with E-state index < -0.39 is 109 Å². The largest absolute Gasteiger partial charge is 4.00 e. The van der Waals surface area contributed by atoms with E-state index in [0.29, 0.717) is 0 Å². The smallest absolute Gasteiger partial charge is 0.550 e. The van der Waals surface area contributed by atoms with Crippen LogP contribution in [0.2, 0.25) is 0 Å². The number of carboxylic acids is 10. The van der Waals surface area contributed by atoms with Gasteiger partial charge in [-0.1, -0.05) is 0 Å². The second kappa shape index (κ2) is 61.6. The third-order valence-corrected chi connectivity index (χ3v) is 2.73. The first kappa shape index (κ1) is 91.6. The van der Waals surface area contributed by atoms with E-state index >= 15 is 0 Å². The van der Waals surface area contributed by atoms with E-state index in [1.54, 1.807) is 0 Å². The van der Waals surface area contributed by atoms with Crippen LogP contribution in [0.3, 0.4) is 0 Å². The number of carboxylic acid groups (broad SMARTS) is 10. The average Bonchev–Trinajstić information content (AvgIpc) is 2.98. The second-order valence-corrected chi connectivity index (χ2v) is 8.94. The Hall–Kier alpha value is -3.09. The molecule has 0 saturated carbocycles. The molecule has 0 aromatic carbocycles. The van der Waals surface area contributed by atoms with Gasteiger partial charge in [0, 0.05) is 11.9 Å². The van der Waals surface area contributed by atoms with Crippen molar-refractivity contribution in [2.75, 3.05) is 0 Å². The van der Waals surface area contributed by atoms with E-state index in [4.69, 9.17) is 60.7 Å². The van der Waals surface area contributed by atoms with E-state index in [0.717, 1.165) is 69.2 Å². The Bertz CT molecular complexity index is 858. The van der Waals surface area contributed by atoms with Crippen LogP contribution in [0.1, 0.15) is 69.2 Å². The Kier molecular flexibility index (Phi) is 95.6. The van der Waals surface area contributed by atoms with Crippen LogP contribution in [-0.2, 0) is 100 Å². The molecule has 0 amide bonds. The molecule has 8 unspecified atom stereocenters. The molecule has 8 N–H and O–H groups in total. The van der Waals surface area contributed by atoms with Crippen molar-refractivity contribution in [2.24, 2.45) is 0 Å². The molecule has 0 aliphatic carbocycles. The molecular formula is C28H46MgO28Zr2. The van der Waals surface area contributed by atoms with Gasteiger partial charge in [-0.2, -0.15) is 0 Å². The molecule has 0 radical (unpaired) electrons. The molecule has 0 fully saturated rings. The van der Waals surface area contributed by atoms with Gasteiger partial charge in [-0.25, -0.2) is 0 Å². The summed E-state index contributed by atoms with van der Waals surface area (Å²) in [5, 5.41) is 156. The minimum atomic E-state index is -1.44. The quantitative estimate of drug-likeness (QED) is 0.105. The summed E-state index contributed by atoms with van der Waals surface area (Å²) in [5.41, 5.74) is 0.